The van der Waals surface area contributed by atoms with Gasteiger partial charge in [-0.25, -0.2) is 4.99 Å². The fraction of sp³-hybridized carbons (Fsp3) is 0.714. The van der Waals surface area contributed by atoms with Crippen molar-refractivity contribution < 1.29 is 14.3 Å². The van der Waals surface area contributed by atoms with E-state index in [1.165, 1.54) is 0 Å². The van der Waals surface area contributed by atoms with Crippen molar-refractivity contribution in [2.45, 2.75) is 44.7 Å². The van der Waals surface area contributed by atoms with E-state index >= 15 is 0 Å². The summed E-state index contributed by atoms with van der Waals surface area (Å²) in [6, 6.07) is -0.629. The van der Waals surface area contributed by atoms with Gasteiger partial charge in [-0.2, -0.15) is 0 Å². The van der Waals surface area contributed by atoms with Crippen LogP contribution in [0.2, 0.25) is 0 Å². The van der Waals surface area contributed by atoms with Crippen LogP contribution in [0.4, 0.5) is 0 Å². The summed E-state index contributed by atoms with van der Waals surface area (Å²) < 4.78 is 5.09. The summed E-state index contributed by atoms with van der Waals surface area (Å²) in [5.41, 5.74) is 0. The standard InChI is InChI=1S/C14H22N2O3/c1-4-7-12(15-5-2)13(17)14(18)16-9-6-8-11(16)10-19-3/h11-12H,2,4,6-10H2,1,3H3/t11-,12?/m1/s1. The summed E-state index contributed by atoms with van der Waals surface area (Å²) in [4.78, 5) is 29.9. The minimum Gasteiger partial charge on any atom is -0.383 e. The third-order valence-electron chi connectivity index (χ3n) is 3.32. The van der Waals surface area contributed by atoms with Gasteiger partial charge in [-0.15, -0.1) is 0 Å². The van der Waals surface area contributed by atoms with E-state index in [4.69, 9.17) is 4.74 Å². The first kappa shape index (κ1) is 15.6. The number of ketones is 1. The number of carbonyl (C=O) groups is 2. The van der Waals surface area contributed by atoms with E-state index in [0.717, 1.165) is 19.3 Å². The molecule has 0 aromatic carbocycles. The van der Waals surface area contributed by atoms with Crippen LogP contribution in [0.1, 0.15) is 32.6 Å². The maximum atomic E-state index is 12.2. The summed E-state index contributed by atoms with van der Waals surface area (Å²) in [5.74, 6) is 1.47. The Hall–Kier alpha value is -1.45. The van der Waals surface area contributed by atoms with Crippen LogP contribution < -0.4 is 0 Å². The first-order valence-corrected chi connectivity index (χ1v) is 6.71. The zero-order chi connectivity index (χ0) is 14.3. The molecule has 1 unspecified atom stereocenters. The van der Waals surface area contributed by atoms with E-state index in [1.807, 2.05) is 6.92 Å². The van der Waals surface area contributed by atoms with Crippen molar-refractivity contribution in [3.63, 3.8) is 0 Å². The van der Waals surface area contributed by atoms with Crippen molar-refractivity contribution >= 4 is 17.6 Å². The lowest BCUT2D eigenvalue weighted by Gasteiger charge is -2.24. The third kappa shape index (κ3) is 4.01. The van der Waals surface area contributed by atoms with Crippen LogP contribution in [0.5, 0.6) is 0 Å². The number of hydrogen-bond acceptors (Lipinski definition) is 4. The molecule has 106 valence electrons. The van der Waals surface area contributed by atoms with Gasteiger partial charge in [0.15, 0.2) is 0 Å². The van der Waals surface area contributed by atoms with Crippen LogP contribution in [-0.2, 0) is 14.3 Å². The van der Waals surface area contributed by atoms with Crippen LogP contribution in [0.15, 0.2) is 11.6 Å². The maximum Gasteiger partial charge on any atom is 0.292 e. The van der Waals surface area contributed by atoms with E-state index in [-0.39, 0.29) is 6.04 Å². The van der Waals surface area contributed by atoms with E-state index in [2.05, 4.69) is 17.4 Å². The molecular weight excluding hydrogens is 244 g/mol. The van der Waals surface area contributed by atoms with E-state index < -0.39 is 17.7 Å². The molecule has 1 aliphatic rings. The second-order valence-electron chi connectivity index (χ2n) is 4.71. The normalized spacial score (nSPS) is 19.9. The molecule has 1 rings (SSSR count). The Balaban J connectivity index is 2.74. The molecular formula is C14H22N2O3. The Bertz CT molecular complexity index is 375. The first-order chi connectivity index (χ1) is 9.15. The Labute approximate surface area is 114 Å². The molecule has 0 spiro atoms. The molecule has 19 heavy (non-hydrogen) atoms. The van der Waals surface area contributed by atoms with Gasteiger partial charge >= 0.3 is 0 Å². The Morgan fingerprint density at radius 3 is 2.89 bits per heavy atom. The first-order valence-electron chi connectivity index (χ1n) is 6.71. The molecule has 0 aliphatic carbocycles. The summed E-state index contributed by atoms with van der Waals surface area (Å²) in [5, 5.41) is 0. The Kier molecular flexibility index (Phi) is 6.46. The Morgan fingerprint density at radius 1 is 1.58 bits per heavy atom. The zero-order valence-electron chi connectivity index (χ0n) is 11.7. The van der Waals surface area contributed by atoms with Gasteiger partial charge in [-0.05, 0) is 31.7 Å². The van der Waals surface area contributed by atoms with Gasteiger partial charge in [-0.1, -0.05) is 13.3 Å². The number of nitrogens with zero attached hydrogens (tertiary/aromatic N) is 2. The average molecular weight is 266 g/mol. The van der Waals surface area contributed by atoms with Gasteiger partial charge in [-0.3, -0.25) is 9.59 Å². The van der Waals surface area contributed by atoms with Crippen LogP contribution >= 0.6 is 0 Å². The van der Waals surface area contributed by atoms with E-state index in [9.17, 15) is 9.59 Å². The van der Waals surface area contributed by atoms with Crippen molar-refractivity contribution in [3.8, 4) is 0 Å². The number of methoxy groups -OCH3 is 1. The van der Waals surface area contributed by atoms with Gasteiger partial charge in [0.05, 0.1) is 12.6 Å². The summed E-state index contributed by atoms with van der Waals surface area (Å²) in [7, 11) is 1.60. The van der Waals surface area contributed by atoms with Gasteiger partial charge < -0.3 is 9.64 Å². The van der Waals surface area contributed by atoms with Crippen LogP contribution in [0.3, 0.4) is 0 Å². The highest BCUT2D eigenvalue weighted by Crippen LogP contribution is 2.19. The number of rotatable bonds is 7. The molecule has 0 saturated carbocycles. The van der Waals surface area contributed by atoms with Crippen molar-refractivity contribution in [1.82, 2.24) is 4.90 Å². The topological polar surface area (TPSA) is 59.0 Å². The van der Waals surface area contributed by atoms with Gasteiger partial charge in [0.25, 0.3) is 5.91 Å². The minimum absolute atomic E-state index is 0.0106. The number of Topliss-reactive ketones (excluding diaryl/α,β-unsaturated/α-hetero) is 1. The highest BCUT2D eigenvalue weighted by molar-refractivity contribution is 6.38. The van der Waals surface area contributed by atoms with Crippen molar-refractivity contribution in [1.29, 1.82) is 0 Å². The fourth-order valence-corrected chi connectivity index (χ4v) is 2.39. The van der Waals surface area contributed by atoms with Crippen molar-refractivity contribution in [3.05, 3.63) is 6.58 Å². The number of carbonyl (C=O) groups excluding carboxylic acids is 2. The summed E-state index contributed by atoms with van der Waals surface area (Å²) in [6.07, 6.45) is 3.14. The smallest absolute Gasteiger partial charge is 0.292 e. The predicted octanol–water partition coefficient (Wildman–Crippen LogP) is 1.22. The largest absolute Gasteiger partial charge is 0.383 e. The maximum absolute atomic E-state index is 12.2. The second-order valence-corrected chi connectivity index (χ2v) is 4.71. The molecule has 1 amide bonds. The molecule has 1 heterocycles. The molecule has 2 atom stereocenters. The highest BCUT2D eigenvalue weighted by Gasteiger charge is 2.35. The molecule has 0 bridgehead atoms. The SMILES string of the molecule is C=C=NC(CCC)C(=O)C(=O)N1CCC[C@@H]1COC. The third-order valence-corrected chi connectivity index (χ3v) is 3.32. The highest BCUT2D eigenvalue weighted by atomic mass is 16.5. The van der Waals surface area contributed by atoms with E-state index in [1.54, 1.807) is 12.0 Å². The molecule has 1 saturated heterocycles. The summed E-state index contributed by atoms with van der Waals surface area (Å²) >= 11 is 0. The van der Waals surface area contributed by atoms with Gasteiger partial charge in [0, 0.05) is 13.7 Å². The number of ether oxygens (including phenoxy) is 1. The quantitative estimate of drug-likeness (QED) is 0.514. The molecule has 0 N–H and O–H groups in total. The number of aliphatic imine (C=N–C) groups is 1. The van der Waals surface area contributed by atoms with Gasteiger partial charge in [0.2, 0.25) is 5.78 Å². The van der Waals surface area contributed by atoms with Crippen molar-refractivity contribution in [2.75, 3.05) is 20.3 Å². The fourth-order valence-electron chi connectivity index (χ4n) is 2.39. The lowest BCUT2D eigenvalue weighted by Crippen LogP contribution is -2.45. The van der Waals surface area contributed by atoms with Crippen LogP contribution in [-0.4, -0.2) is 54.8 Å². The van der Waals surface area contributed by atoms with Crippen molar-refractivity contribution in [2.24, 2.45) is 4.99 Å². The average Bonchev–Trinajstić information content (AvgIpc) is 2.85. The molecule has 0 aromatic rings. The monoisotopic (exact) mass is 266 g/mol. The number of amides is 1. The van der Waals surface area contributed by atoms with E-state index in [0.29, 0.717) is 19.6 Å². The van der Waals surface area contributed by atoms with Gasteiger partial charge in [0.1, 0.15) is 6.04 Å². The summed E-state index contributed by atoms with van der Waals surface area (Å²) in [6.45, 7) is 6.42. The lowest BCUT2D eigenvalue weighted by molar-refractivity contribution is -0.146. The zero-order valence-corrected chi connectivity index (χ0v) is 11.7. The molecule has 5 heteroatoms. The number of likely N-dealkylation sites (tertiary alicyclic amines) is 1. The lowest BCUT2D eigenvalue weighted by atomic mass is 10.1. The second kappa shape index (κ2) is 7.87. The molecule has 0 radical (unpaired) electrons. The molecule has 1 aliphatic heterocycles. The molecule has 5 nitrogen and oxygen atoms in total. The number of hydrogen-bond donors (Lipinski definition) is 0. The van der Waals surface area contributed by atoms with Crippen LogP contribution in [0.25, 0.3) is 0 Å². The van der Waals surface area contributed by atoms with Crippen LogP contribution in [0, 0.1) is 0 Å². The molecule has 0 aromatic heterocycles. The predicted molar refractivity (Wildman–Crippen MR) is 73.4 cm³/mol. The molecule has 1 fully saturated rings. The minimum atomic E-state index is -0.640. The Morgan fingerprint density at radius 2 is 2.32 bits per heavy atom.